The van der Waals surface area contributed by atoms with Crippen molar-refractivity contribution in [2.75, 3.05) is 13.7 Å². The second kappa shape index (κ2) is 12.6. The van der Waals surface area contributed by atoms with E-state index in [1.54, 1.807) is 11.8 Å². The van der Waals surface area contributed by atoms with Crippen LogP contribution < -0.4 is 9.47 Å². The van der Waals surface area contributed by atoms with Gasteiger partial charge < -0.3 is 14.6 Å². The normalized spacial score (nSPS) is 13.1. The van der Waals surface area contributed by atoms with Gasteiger partial charge in [0.05, 0.1) is 18.8 Å². The van der Waals surface area contributed by atoms with E-state index in [1.165, 1.54) is 0 Å². The molecule has 0 aliphatic rings. The monoisotopic (exact) mass is 465 g/mol. The number of aryl methyl sites for hydroxylation is 1. The molecule has 184 valence electrons. The Bertz CT molecular complexity index is 1020. The predicted octanol–water partition coefficient (Wildman–Crippen LogP) is 6.04. The fourth-order valence-electron chi connectivity index (χ4n) is 4.12. The van der Waals surface area contributed by atoms with Crippen LogP contribution in [-0.4, -0.2) is 45.6 Å². The SMILES string of the molecule is CCCC[C@H](O)CN(Cc1c(-c2ccccc2)nn(C)c1Oc1ccccc1OC)[C@H](C)CC. The van der Waals surface area contributed by atoms with Crippen LogP contribution in [0.3, 0.4) is 0 Å². The highest BCUT2D eigenvalue weighted by molar-refractivity contribution is 5.66. The molecule has 1 aromatic heterocycles. The molecule has 0 unspecified atom stereocenters. The van der Waals surface area contributed by atoms with Gasteiger partial charge >= 0.3 is 0 Å². The maximum atomic E-state index is 10.7. The van der Waals surface area contributed by atoms with Crippen LogP contribution in [0, 0.1) is 0 Å². The third-order valence-electron chi connectivity index (χ3n) is 6.32. The first kappa shape index (κ1) is 25.8. The predicted molar refractivity (Wildman–Crippen MR) is 137 cm³/mol. The second-order valence-corrected chi connectivity index (χ2v) is 8.86. The molecule has 0 saturated heterocycles. The van der Waals surface area contributed by atoms with E-state index in [4.69, 9.17) is 14.6 Å². The lowest BCUT2D eigenvalue weighted by Crippen LogP contribution is -2.38. The Morgan fingerprint density at radius 1 is 1.03 bits per heavy atom. The molecular formula is C28H39N3O3. The number of benzene rings is 2. The van der Waals surface area contributed by atoms with Gasteiger partial charge in [-0.25, -0.2) is 4.68 Å². The molecule has 2 aromatic carbocycles. The van der Waals surface area contributed by atoms with Crippen LogP contribution in [0.15, 0.2) is 54.6 Å². The summed E-state index contributed by atoms with van der Waals surface area (Å²) in [4.78, 5) is 2.35. The van der Waals surface area contributed by atoms with E-state index in [2.05, 4.69) is 37.8 Å². The summed E-state index contributed by atoms with van der Waals surface area (Å²) in [6, 6.07) is 18.1. The van der Waals surface area contributed by atoms with E-state index in [-0.39, 0.29) is 6.10 Å². The van der Waals surface area contributed by atoms with Crippen LogP contribution in [-0.2, 0) is 13.6 Å². The molecule has 0 saturated carbocycles. The van der Waals surface area contributed by atoms with Gasteiger partial charge in [-0.3, -0.25) is 4.90 Å². The highest BCUT2D eigenvalue weighted by Crippen LogP contribution is 2.37. The van der Waals surface area contributed by atoms with Gasteiger partial charge in [0.1, 0.15) is 5.69 Å². The van der Waals surface area contributed by atoms with Crippen LogP contribution in [0.4, 0.5) is 0 Å². The summed E-state index contributed by atoms with van der Waals surface area (Å²) in [7, 11) is 3.55. The number of ether oxygens (including phenoxy) is 2. The van der Waals surface area contributed by atoms with Crippen molar-refractivity contribution < 1.29 is 14.6 Å². The molecule has 3 aromatic rings. The molecular weight excluding hydrogens is 426 g/mol. The number of aliphatic hydroxyl groups is 1. The van der Waals surface area contributed by atoms with E-state index in [1.807, 2.05) is 49.5 Å². The van der Waals surface area contributed by atoms with Crippen molar-refractivity contribution in [3.8, 4) is 28.6 Å². The van der Waals surface area contributed by atoms with Gasteiger partial charge in [0, 0.05) is 31.7 Å². The molecule has 2 atom stereocenters. The quantitative estimate of drug-likeness (QED) is 0.333. The van der Waals surface area contributed by atoms with Crippen molar-refractivity contribution in [1.82, 2.24) is 14.7 Å². The van der Waals surface area contributed by atoms with Gasteiger partial charge in [-0.1, -0.05) is 69.2 Å². The molecule has 0 aliphatic heterocycles. The van der Waals surface area contributed by atoms with E-state index in [0.29, 0.717) is 36.5 Å². The summed E-state index contributed by atoms with van der Waals surface area (Å²) >= 11 is 0. The van der Waals surface area contributed by atoms with Gasteiger partial charge in [-0.05, 0) is 31.9 Å². The van der Waals surface area contributed by atoms with Gasteiger partial charge in [0.15, 0.2) is 11.5 Å². The van der Waals surface area contributed by atoms with Crippen molar-refractivity contribution in [1.29, 1.82) is 0 Å². The first-order chi connectivity index (χ1) is 16.5. The molecule has 6 heteroatoms. The summed E-state index contributed by atoms with van der Waals surface area (Å²) in [5.74, 6) is 2.00. The molecule has 1 heterocycles. The molecule has 6 nitrogen and oxygen atoms in total. The summed E-state index contributed by atoms with van der Waals surface area (Å²) < 4.78 is 13.8. The van der Waals surface area contributed by atoms with Gasteiger partial charge in [-0.15, -0.1) is 0 Å². The first-order valence-corrected chi connectivity index (χ1v) is 12.3. The minimum Gasteiger partial charge on any atom is -0.493 e. The number of aromatic nitrogens is 2. The van der Waals surface area contributed by atoms with Gasteiger partial charge in [-0.2, -0.15) is 5.10 Å². The number of hydrogen-bond donors (Lipinski definition) is 1. The van der Waals surface area contributed by atoms with Crippen LogP contribution in [0.5, 0.6) is 17.4 Å². The number of unbranched alkanes of at least 4 members (excludes halogenated alkanes) is 1. The molecule has 0 fully saturated rings. The lowest BCUT2D eigenvalue weighted by molar-refractivity contribution is 0.0774. The van der Waals surface area contributed by atoms with Crippen molar-refractivity contribution in [3.05, 3.63) is 60.2 Å². The zero-order valence-electron chi connectivity index (χ0n) is 21.2. The zero-order valence-corrected chi connectivity index (χ0v) is 21.2. The van der Waals surface area contributed by atoms with Crippen molar-refractivity contribution in [2.45, 2.75) is 65.1 Å². The molecule has 3 rings (SSSR count). The third kappa shape index (κ3) is 6.39. The maximum absolute atomic E-state index is 10.7. The van der Waals surface area contributed by atoms with Gasteiger partial charge in [0.25, 0.3) is 0 Å². The first-order valence-electron chi connectivity index (χ1n) is 12.3. The molecule has 0 spiro atoms. The number of nitrogens with zero attached hydrogens (tertiary/aromatic N) is 3. The molecule has 0 radical (unpaired) electrons. The summed E-state index contributed by atoms with van der Waals surface area (Å²) in [5.41, 5.74) is 2.94. The molecule has 0 bridgehead atoms. The zero-order chi connectivity index (χ0) is 24.5. The molecule has 0 amide bonds. The third-order valence-corrected chi connectivity index (χ3v) is 6.32. The number of hydrogen-bond acceptors (Lipinski definition) is 5. The Kier molecular flexibility index (Phi) is 9.54. The second-order valence-electron chi connectivity index (χ2n) is 8.86. The van der Waals surface area contributed by atoms with Crippen molar-refractivity contribution in [3.63, 3.8) is 0 Å². The van der Waals surface area contributed by atoms with Gasteiger partial charge in [0.2, 0.25) is 5.88 Å². The maximum Gasteiger partial charge on any atom is 0.222 e. The van der Waals surface area contributed by atoms with E-state index >= 15 is 0 Å². The highest BCUT2D eigenvalue weighted by atomic mass is 16.5. The Hall–Kier alpha value is -2.83. The smallest absolute Gasteiger partial charge is 0.222 e. The van der Waals surface area contributed by atoms with Crippen LogP contribution in [0.25, 0.3) is 11.3 Å². The minimum absolute atomic E-state index is 0.305. The molecule has 34 heavy (non-hydrogen) atoms. The van der Waals surface area contributed by atoms with Crippen LogP contribution in [0.2, 0.25) is 0 Å². The van der Waals surface area contributed by atoms with Crippen molar-refractivity contribution >= 4 is 0 Å². The van der Waals surface area contributed by atoms with Crippen LogP contribution in [0.1, 0.15) is 52.0 Å². The fraction of sp³-hybridized carbons (Fsp3) is 0.464. The summed E-state index contributed by atoms with van der Waals surface area (Å²) in [5, 5.41) is 15.6. The summed E-state index contributed by atoms with van der Waals surface area (Å²) in [6.45, 7) is 7.80. The molecule has 0 aliphatic carbocycles. The van der Waals surface area contributed by atoms with E-state index in [9.17, 15) is 5.11 Å². The Morgan fingerprint density at radius 2 is 1.71 bits per heavy atom. The van der Waals surface area contributed by atoms with E-state index < -0.39 is 0 Å². The Labute approximate surface area is 204 Å². The lowest BCUT2D eigenvalue weighted by Gasteiger charge is -2.30. The lowest BCUT2D eigenvalue weighted by atomic mass is 10.1. The average molecular weight is 466 g/mol. The Morgan fingerprint density at radius 3 is 2.35 bits per heavy atom. The highest BCUT2D eigenvalue weighted by Gasteiger charge is 2.25. The topological polar surface area (TPSA) is 59.8 Å². The average Bonchev–Trinajstić information content (AvgIpc) is 3.17. The van der Waals surface area contributed by atoms with Crippen molar-refractivity contribution in [2.24, 2.45) is 7.05 Å². The fourth-order valence-corrected chi connectivity index (χ4v) is 4.12. The Balaban J connectivity index is 2.02. The molecule has 1 N–H and O–H groups in total. The minimum atomic E-state index is -0.357. The summed E-state index contributed by atoms with van der Waals surface area (Å²) in [6.07, 6.45) is 3.55. The standard InChI is InChI=1S/C28H39N3O3/c1-6-8-16-23(32)19-31(21(3)7-2)20-24-27(22-14-10-9-11-15-22)29-30(4)28(24)34-26-18-13-12-17-25(26)33-5/h9-15,17-18,21,23,32H,6-8,16,19-20H2,1-5H3/t21-,23+/m1/s1. The largest absolute Gasteiger partial charge is 0.493 e. The number of para-hydroxylation sites is 2. The van der Waals surface area contributed by atoms with E-state index in [0.717, 1.165) is 42.5 Å². The number of methoxy groups -OCH3 is 1. The van der Waals surface area contributed by atoms with Crippen LogP contribution >= 0.6 is 0 Å². The number of aliphatic hydroxyl groups excluding tert-OH is 1. The number of rotatable bonds is 13.